The smallest absolute Gasteiger partial charge is 0.177 e. The van der Waals surface area contributed by atoms with Gasteiger partial charge in [0.1, 0.15) is 12.1 Å². The van der Waals surface area contributed by atoms with Crippen LogP contribution in [-0.4, -0.2) is 60.7 Å². The molecule has 0 radical (unpaired) electrons. The zero-order valence-electron chi connectivity index (χ0n) is 14.9. The standard InChI is InChI=1S/C18H24N8/c1-2-9-23(10-3-1)11-7-16-13-24(12-15-6-8-20-26(15)16)18-5-4-17-21-19-14-25(17)22-18/h4-6,8,14,16H,1-3,7,9-13H2/t16-/m0/s1. The number of piperidine rings is 1. The molecule has 5 rings (SSSR count). The van der Waals surface area contributed by atoms with E-state index in [0.717, 1.165) is 37.5 Å². The minimum absolute atomic E-state index is 0.383. The molecule has 0 bridgehead atoms. The predicted octanol–water partition coefficient (Wildman–Crippen LogP) is 1.76. The molecule has 2 aliphatic heterocycles. The van der Waals surface area contributed by atoms with E-state index in [1.165, 1.54) is 38.0 Å². The summed E-state index contributed by atoms with van der Waals surface area (Å²) < 4.78 is 3.96. The van der Waals surface area contributed by atoms with E-state index in [4.69, 9.17) is 0 Å². The van der Waals surface area contributed by atoms with Crippen LogP contribution in [0.2, 0.25) is 0 Å². The Hall–Kier alpha value is -2.48. The Morgan fingerprint density at radius 1 is 1.08 bits per heavy atom. The summed E-state index contributed by atoms with van der Waals surface area (Å²) in [5, 5.41) is 17.2. The summed E-state index contributed by atoms with van der Waals surface area (Å²) in [6.45, 7) is 5.40. The van der Waals surface area contributed by atoms with Gasteiger partial charge in [0.25, 0.3) is 0 Å². The summed E-state index contributed by atoms with van der Waals surface area (Å²) in [6, 6.07) is 6.52. The van der Waals surface area contributed by atoms with Gasteiger partial charge in [-0.2, -0.15) is 9.61 Å². The van der Waals surface area contributed by atoms with Crippen molar-refractivity contribution in [1.82, 2.24) is 34.5 Å². The molecule has 0 amide bonds. The Balaban J connectivity index is 1.35. The van der Waals surface area contributed by atoms with Crippen molar-refractivity contribution >= 4 is 11.5 Å². The Morgan fingerprint density at radius 3 is 2.92 bits per heavy atom. The van der Waals surface area contributed by atoms with Crippen LogP contribution in [0.5, 0.6) is 0 Å². The molecule has 0 aliphatic carbocycles. The van der Waals surface area contributed by atoms with E-state index in [2.05, 4.69) is 40.9 Å². The van der Waals surface area contributed by atoms with Crippen LogP contribution in [0.3, 0.4) is 0 Å². The number of hydrogen-bond donors (Lipinski definition) is 0. The molecule has 26 heavy (non-hydrogen) atoms. The minimum atomic E-state index is 0.383. The number of fused-ring (bicyclic) bond motifs is 2. The van der Waals surface area contributed by atoms with Crippen molar-refractivity contribution in [1.29, 1.82) is 0 Å². The maximum Gasteiger partial charge on any atom is 0.177 e. The molecule has 1 atom stereocenters. The molecule has 136 valence electrons. The van der Waals surface area contributed by atoms with Gasteiger partial charge < -0.3 is 9.80 Å². The number of hydrogen-bond acceptors (Lipinski definition) is 6. The molecular weight excluding hydrogens is 328 g/mol. The fourth-order valence-corrected chi connectivity index (χ4v) is 4.18. The lowest BCUT2D eigenvalue weighted by molar-refractivity contribution is 0.207. The van der Waals surface area contributed by atoms with E-state index in [0.29, 0.717) is 6.04 Å². The Morgan fingerprint density at radius 2 is 2.00 bits per heavy atom. The molecule has 0 aromatic carbocycles. The maximum absolute atomic E-state index is 4.68. The topological polar surface area (TPSA) is 67.4 Å². The summed E-state index contributed by atoms with van der Waals surface area (Å²) >= 11 is 0. The maximum atomic E-state index is 4.68. The molecule has 0 spiro atoms. The van der Waals surface area contributed by atoms with Gasteiger partial charge >= 0.3 is 0 Å². The Labute approximate surface area is 152 Å². The van der Waals surface area contributed by atoms with Crippen LogP contribution in [0.4, 0.5) is 5.82 Å². The van der Waals surface area contributed by atoms with Gasteiger partial charge in [0.05, 0.1) is 18.3 Å². The molecule has 0 N–H and O–H groups in total. The van der Waals surface area contributed by atoms with Gasteiger partial charge in [-0.15, -0.1) is 15.3 Å². The predicted molar refractivity (Wildman–Crippen MR) is 98.0 cm³/mol. The number of aromatic nitrogens is 6. The quantitative estimate of drug-likeness (QED) is 0.713. The van der Waals surface area contributed by atoms with E-state index in [-0.39, 0.29) is 0 Å². The van der Waals surface area contributed by atoms with Gasteiger partial charge in [-0.05, 0) is 50.6 Å². The third kappa shape index (κ3) is 2.94. The average molecular weight is 352 g/mol. The second-order valence-corrected chi connectivity index (χ2v) is 7.32. The molecule has 2 aliphatic rings. The lowest BCUT2D eigenvalue weighted by Crippen LogP contribution is -2.40. The van der Waals surface area contributed by atoms with Crippen molar-refractivity contribution in [3.05, 3.63) is 36.4 Å². The first-order chi connectivity index (χ1) is 12.9. The largest absolute Gasteiger partial charge is 0.347 e. The highest BCUT2D eigenvalue weighted by Gasteiger charge is 2.27. The summed E-state index contributed by atoms with van der Waals surface area (Å²) in [6.07, 6.45) is 8.76. The average Bonchev–Trinajstić information content (AvgIpc) is 3.35. The fraction of sp³-hybridized carbons (Fsp3) is 0.556. The zero-order chi connectivity index (χ0) is 17.3. The third-order valence-electron chi connectivity index (χ3n) is 5.58. The number of likely N-dealkylation sites (tertiary alicyclic amines) is 1. The molecule has 0 saturated carbocycles. The second kappa shape index (κ2) is 6.68. The van der Waals surface area contributed by atoms with E-state index >= 15 is 0 Å². The molecule has 8 nitrogen and oxygen atoms in total. The summed E-state index contributed by atoms with van der Waals surface area (Å²) in [4.78, 5) is 4.95. The Bertz CT molecular complexity index is 878. The molecular formula is C18H24N8. The van der Waals surface area contributed by atoms with Crippen molar-refractivity contribution in [2.75, 3.05) is 31.1 Å². The van der Waals surface area contributed by atoms with Crippen LogP contribution < -0.4 is 4.90 Å². The highest BCUT2D eigenvalue weighted by Crippen LogP contribution is 2.27. The van der Waals surface area contributed by atoms with Gasteiger partial charge in [-0.1, -0.05) is 6.42 Å². The molecule has 8 heteroatoms. The van der Waals surface area contributed by atoms with E-state index in [1.807, 2.05) is 18.3 Å². The highest BCUT2D eigenvalue weighted by molar-refractivity contribution is 5.45. The fourth-order valence-electron chi connectivity index (χ4n) is 4.18. The van der Waals surface area contributed by atoms with Crippen molar-refractivity contribution in [2.24, 2.45) is 0 Å². The van der Waals surface area contributed by atoms with Crippen LogP contribution in [0.1, 0.15) is 37.4 Å². The molecule has 1 saturated heterocycles. The SMILES string of the molecule is c1cc2n(n1)[C@@H](CCN1CCCCC1)CN(c1ccc3nncn3n1)C2. The number of anilines is 1. The first-order valence-corrected chi connectivity index (χ1v) is 9.53. The van der Waals surface area contributed by atoms with E-state index < -0.39 is 0 Å². The highest BCUT2D eigenvalue weighted by atomic mass is 15.4. The summed E-state index contributed by atoms with van der Waals surface area (Å²) in [7, 11) is 0. The van der Waals surface area contributed by atoms with E-state index in [9.17, 15) is 0 Å². The lowest BCUT2D eigenvalue weighted by atomic mass is 10.1. The van der Waals surface area contributed by atoms with Gasteiger partial charge in [0.2, 0.25) is 0 Å². The normalized spacial score (nSPS) is 21.2. The molecule has 1 fully saturated rings. The molecule has 3 aromatic rings. The van der Waals surface area contributed by atoms with Crippen LogP contribution in [0, 0.1) is 0 Å². The third-order valence-corrected chi connectivity index (χ3v) is 5.58. The first kappa shape index (κ1) is 15.7. The van der Waals surface area contributed by atoms with E-state index in [1.54, 1.807) is 10.8 Å². The van der Waals surface area contributed by atoms with Crippen LogP contribution >= 0.6 is 0 Å². The van der Waals surface area contributed by atoms with Crippen molar-refractivity contribution in [2.45, 2.75) is 38.3 Å². The first-order valence-electron chi connectivity index (χ1n) is 9.53. The van der Waals surface area contributed by atoms with Gasteiger partial charge in [-0.3, -0.25) is 4.68 Å². The van der Waals surface area contributed by atoms with Crippen LogP contribution in [-0.2, 0) is 6.54 Å². The monoisotopic (exact) mass is 352 g/mol. The van der Waals surface area contributed by atoms with Crippen molar-refractivity contribution < 1.29 is 0 Å². The minimum Gasteiger partial charge on any atom is -0.347 e. The van der Waals surface area contributed by atoms with Crippen molar-refractivity contribution in [3.8, 4) is 0 Å². The molecule has 0 unspecified atom stereocenters. The number of nitrogens with zero attached hydrogens (tertiary/aromatic N) is 8. The molecule has 5 heterocycles. The molecule has 3 aromatic heterocycles. The lowest BCUT2D eigenvalue weighted by Gasteiger charge is -2.36. The zero-order valence-corrected chi connectivity index (χ0v) is 14.9. The Kier molecular flexibility index (Phi) is 4.05. The summed E-state index contributed by atoms with van der Waals surface area (Å²) in [5.74, 6) is 0.965. The van der Waals surface area contributed by atoms with Gasteiger partial charge in [0, 0.05) is 19.3 Å². The van der Waals surface area contributed by atoms with Crippen molar-refractivity contribution in [3.63, 3.8) is 0 Å². The van der Waals surface area contributed by atoms with Crippen LogP contribution in [0.15, 0.2) is 30.7 Å². The number of rotatable bonds is 4. The van der Waals surface area contributed by atoms with Gasteiger partial charge in [-0.25, -0.2) is 0 Å². The summed E-state index contributed by atoms with van der Waals surface area (Å²) in [5.41, 5.74) is 2.03. The van der Waals surface area contributed by atoms with Gasteiger partial charge in [0.15, 0.2) is 5.65 Å². The second-order valence-electron chi connectivity index (χ2n) is 7.32. The van der Waals surface area contributed by atoms with Crippen LogP contribution in [0.25, 0.3) is 5.65 Å².